The van der Waals surface area contributed by atoms with Gasteiger partial charge in [-0.3, -0.25) is 23.8 Å². The molecule has 0 bridgehead atoms. The first-order chi connectivity index (χ1) is 20.2. The molecule has 1 fully saturated rings. The maximum Gasteiger partial charge on any atom is 0.459 e. The van der Waals surface area contributed by atoms with Gasteiger partial charge in [0.2, 0.25) is 5.91 Å². The van der Waals surface area contributed by atoms with E-state index in [-0.39, 0.29) is 5.75 Å². The molecule has 43 heavy (non-hydrogen) atoms. The lowest BCUT2D eigenvalue weighted by Gasteiger charge is -2.34. The van der Waals surface area contributed by atoms with Gasteiger partial charge in [0, 0.05) is 11.6 Å². The number of benzene rings is 2. The van der Waals surface area contributed by atoms with E-state index in [9.17, 15) is 37.9 Å². The molecule has 6 atom stereocenters. The SMILES string of the molecule is CC(C)OC(=O)[C@H](C)NP(=O)(OC[C@@]1(C(F)F)O[C@@H](N2C=C(Cl)C(=O)CC2=O)[C@H](O)[C@@H]1O)Oc1cccc2ccccc12. The van der Waals surface area contributed by atoms with Gasteiger partial charge in [0.1, 0.15) is 29.0 Å². The lowest BCUT2D eigenvalue weighted by molar-refractivity contribution is -0.200. The molecule has 2 aliphatic rings. The van der Waals surface area contributed by atoms with Crippen molar-refractivity contribution in [1.82, 2.24) is 9.99 Å². The Morgan fingerprint density at radius 1 is 1.19 bits per heavy atom. The zero-order valence-electron chi connectivity index (χ0n) is 23.2. The second kappa shape index (κ2) is 12.9. The molecule has 0 spiro atoms. The van der Waals surface area contributed by atoms with Gasteiger partial charge >= 0.3 is 13.7 Å². The zero-order valence-corrected chi connectivity index (χ0v) is 24.8. The summed E-state index contributed by atoms with van der Waals surface area (Å²) in [4.78, 5) is 37.3. The van der Waals surface area contributed by atoms with Gasteiger partial charge in [0.25, 0.3) is 6.43 Å². The minimum Gasteiger partial charge on any atom is -0.462 e. The lowest BCUT2D eigenvalue weighted by atomic mass is 9.96. The summed E-state index contributed by atoms with van der Waals surface area (Å²) in [7, 11) is -4.78. The third kappa shape index (κ3) is 6.91. The average Bonchev–Trinajstić information content (AvgIpc) is 3.20. The molecule has 1 saturated heterocycles. The zero-order chi connectivity index (χ0) is 31.7. The number of allylic oxidation sites excluding steroid dienone is 1. The minimum atomic E-state index is -4.78. The van der Waals surface area contributed by atoms with E-state index in [4.69, 9.17) is 30.1 Å². The molecule has 2 aliphatic heterocycles. The molecule has 3 N–H and O–H groups in total. The van der Waals surface area contributed by atoms with Gasteiger partial charge in [-0.15, -0.1) is 0 Å². The molecule has 1 amide bonds. The van der Waals surface area contributed by atoms with Crippen molar-refractivity contribution >= 4 is 47.8 Å². The van der Waals surface area contributed by atoms with Gasteiger partial charge in [0.05, 0.1) is 19.1 Å². The Labute approximate surface area is 250 Å². The van der Waals surface area contributed by atoms with Crippen LogP contribution in [-0.2, 0) is 32.9 Å². The summed E-state index contributed by atoms with van der Waals surface area (Å²) in [5, 5.41) is 24.5. The van der Waals surface area contributed by atoms with E-state index in [0.29, 0.717) is 15.7 Å². The summed E-state index contributed by atoms with van der Waals surface area (Å²) in [5.74, 6) is -2.50. The van der Waals surface area contributed by atoms with Crippen molar-refractivity contribution in [1.29, 1.82) is 0 Å². The molecular weight excluding hydrogens is 617 g/mol. The minimum absolute atomic E-state index is 0.0126. The number of alkyl halides is 2. The maximum absolute atomic E-state index is 14.6. The highest BCUT2D eigenvalue weighted by molar-refractivity contribution is 7.52. The largest absolute Gasteiger partial charge is 0.462 e. The first kappa shape index (κ1) is 32.9. The number of carbonyl (C=O) groups excluding carboxylic acids is 3. The van der Waals surface area contributed by atoms with Gasteiger partial charge in [-0.25, -0.2) is 13.3 Å². The highest BCUT2D eigenvalue weighted by atomic mass is 35.5. The number of hydrogen-bond acceptors (Lipinski definition) is 10. The van der Waals surface area contributed by atoms with Crippen LogP contribution < -0.4 is 9.61 Å². The number of amides is 1. The first-order valence-corrected chi connectivity index (χ1v) is 15.0. The lowest BCUT2D eigenvalue weighted by Crippen LogP contribution is -2.53. The molecule has 16 heteroatoms. The van der Waals surface area contributed by atoms with Crippen molar-refractivity contribution in [2.24, 2.45) is 0 Å². The van der Waals surface area contributed by atoms with Crippen LogP contribution in [0.15, 0.2) is 53.7 Å². The molecule has 0 aromatic heterocycles. The number of Topliss-reactive ketones (excluding diaryl/α,β-unsaturated/α-hetero) is 1. The van der Waals surface area contributed by atoms with Gasteiger partial charge in [-0.05, 0) is 32.2 Å². The van der Waals surface area contributed by atoms with Gasteiger partial charge in [-0.2, -0.15) is 5.09 Å². The molecule has 12 nitrogen and oxygen atoms in total. The summed E-state index contributed by atoms with van der Waals surface area (Å²) < 4.78 is 65.0. The quantitative estimate of drug-likeness (QED) is 0.187. The number of ketones is 1. The van der Waals surface area contributed by atoms with Crippen LogP contribution in [0.3, 0.4) is 0 Å². The van der Waals surface area contributed by atoms with Crippen molar-refractivity contribution < 1.29 is 56.5 Å². The Bertz CT molecular complexity index is 1470. The number of aliphatic hydroxyl groups is 2. The molecule has 2 aromatic rings. The molecular formula is C27H30ClF2N2O10P. The van der Waals surface area contributed by atoms with E-state index in [1.807, 2.05) is 0 Å². The van der Waals surface area contributed by atoms with E-state index in [1.54, 1.807) is 50.2 Å². The molecule has 0 aliphatic carbocycles. The fraction of sp³-hybridized carbons (Fsp3) is 0.444. The summed E-state index contributed by atoms with van der Waals surface area (Å²) in [6.45, 7) is 3.12. The number of aliphatic hydroxyl groups excluding tert-OH is 2. The van der Waals surface area contributed by atoms with E-state index in [1.165, 1.54) is 13.0 Å². The van der Waals surface area contributed by atoms with Crippen LogP contribution in [0.2, 0.25) is 0 Å². The number of nitrogens with zero attached hydrogens (tertiary/aromatic N) is 1. The average molecular weight is 647 g/mol. The number of carbonyl (C=O) groups is 3. The third-order valence-corrected chi connectivity index (χ3v) is 8.62. The summed E-state index contributed by atoms with van der Waals surface area (Å²) in [6, 6.07) is 10.3. The van der Waals surface area contributed by atoms with Crippen molar-refractivity contribution in [3.8, 4) is 5.75 Å². The van der Waals surface area contributed by atoms with Crippen LogP contribution >= 0.6 is 19.3 Å². The van der Waals surface area contributed by atoms with Gasteiger partial charge in [-0.1, -0.05) is 48.0 Å². The van der Waals surface area contributed by atoms with Gasteiger partial charge in [0.15, 0.2) is 17.6 Å². The molecule has 0 saturated carbocycles. The van der Waals surface area contributed by atoms with Crippen LogP contribution in [0, 0.1) is 0 Å². The second-order valence-corrected chi connectivity index (χ2v) is 12.4. The Hall–Kier alpha value is -2.97. The highest BCUT2D eigenvalue weighted by Gasteiger charge is 2.63. The summed E-state index contributed by atoms with van der Waals surface area (Å²) in [6.07, 6.45) is -10.4. The van der Waals surface area contributed by atoms with Crippen LogP contribution in [0.4, 0.5) is 8.78 Å². The Morgan fingerprint density at radius 3 is 2.53 bits per heavy atom. The Balaban J connectivity index is 1.66. The van der Waals surface area contributed by atoms with E-state index >= 15 is 0 Å². The predicted octanol–water partition coefficient (Wildman–Crippen LogP) is 3.24. The van der Waals surface area contributed by atoms with E-state index in [0.717, 1.165) is 6.20 Å². The standard InChI is InChI=1S/C27H30ClF2N2O10P/c1-14(2)40-25(37)15(3)31-43(38,42-20-10-6-8-16-7-4-5-9-17(16)20)39-13-27(26(29)30)23(36)22(35)24(41-27)32-12-18(28)19(33)11-21(32)34/h4-10,12,14-15,22-24,26,35-36H,11,13H2,1-3H3,(H,31,38)/t15-,22+,23-,24+,27+,43?/m0/s1. The van der Waals surface area contributed by atoms with Crippen LogP contribution in [-0.4, -0.2) is 82.0 Å². The smallest absolute Gasteiger partial charge is 0.459 e. The Morgan fingerprint density at radius 2 is 1.86 bits per heavy atom. The number of esters is 1. The molecule has 2 heterocycles. The van der Waals surface area contributed by atoms with Crippen LogP contribution in [0.5, 0.6) is 5.75 Å². The second-order valence-electron chi connectivity index (χ2n) is 10.3. The maximum atomic E-state index is 14.6. The number of nitrogens with one attached hydrogen (secondary N) is 1. The topological polar surface area (TPSA) is 161 Å². The number of fused-ring (bicyclic) bond motifs is 1. The Kier molecular flexibility index (Phi) is 9.92. The fourth-order valence-corrected chi connectivity index (χ4v) is 6.21. The van der Waals surface area contributed by atoms with Crippen LogP contribution in [0.1, 0.15) is 27.2 Å². The monoisotopic (exact) mass is 646 g/mol. The van der Waals surface area contributed by atoms with Crippen LogP contribution in [0.25, 0.3) is 10.8 Å². The molecule has 2 aromatic carbocycles. The highest BCUT2D eigenvalue weighted by Crippen LogP contribution is 2.49. The van der Waals surface area contributed by atoms with Gasteiger partial charge < -0.3 is 24.2 Å². The molecule has 4 rings (SSSR count). The summed E-state index contributed by atoms with van der Waals surface area (Å²) >= 11 is 5.81. The number of ether oxygens (including phenoxy) is 2. The number of hydrogen-bond donors (Lipinski definition) is 3. The first-order valence-electron chi connectivity index (χ1n) is 13.1. The molecule has 234 valence electrons. The van der Waals surface area contributed by atoms with E-state index < -0.39 is 86.1 Å². The number of halogens is 3. The van der Waals surface area contributed by atoms with Crippen molar-refractivity contribution in [2.45, 2.75) is 69.8 Å². The van der Waals surface area contributed by atoms with Crippen molar-refractivity contribution in [3.63, 3.8) is 0 Å². The molecule has 1 unspecified atom stereocenters. The van der Waals surface area contributed by atoms with Crippen molar-refractivity contribution in [2.75, 3.05) is 6.61 Å². The third-order valence-electron chi connectivity index (χ3n) is 6.70. The molecule has 0 radical (unpaired) electrons. The fourth-order valence-electron chi connectivity index (χ4n) is 4.49. The van der Waals surface area contributed by atoms with Crippen molar-refractivity contribution in [3.05, 3.63) is 53.7 Å². The van der Waals surface area contributed by atoms with E-state index in [2.05, 4.69) is 5.09 Å². The predicted molar refractivity (Wildman–Crippen MR) is 148 cm³/mol. The number of rotatable bonds is 11. The summed E-state index contributed by atoms with van der Waals surface area (Å²) in [5.41, 5.74) is -3.05. The normalized spacial score (nSPS) is 26.5.